The molecule has 0 radical (unpaired) electrons. The molecule has 0 heterocycles. The average Bonchev–Trinajstić information content (AvgIpc) is 2.86. The lowest BCUT2D eigenvalue weighted by atomic mass is 10.0. The number of carbonyl (C=O) groups is 2. The van der Waals surface area contributed by atoms with E-state index in [0.29, 0.717) is 11.6 Å². The summed E-state index contributed by atoms with van der Waals surface area (Å²) >= 11 is 6.28. The molecular formula is C29H34ClN3O4S. The first-order valence-corrected chi connectivity index (χ1v) is 14.6. The molecule has 0 aliphatic carbocycles. The maximum atomic E-state index is 14.0. The highest BCUT2D eigenvalue weighted by Crippen LogP contribution is 2.25. The van der Waals surface area contributed by atoms with E-state index in [4.69, 9.17) is 11.6 Å². The molecule has 202 valence electrons. The van der Waals surface area contributed by atoms with E-state index >= 15 is 0 Å². The summed E-state index contributed by atoms with van der Waals surface area (Å²) in [5.41, 5.74) is 3.81. The van der Waals surface area contributed by atoms with Crippen molar-refractivity contribution in [1.29, 1.82) is 0 Å². The first kappa shape index (κ1) is 29.2. The second-order valence-electron chi connectivity index (χ2n) is 9.31. The Bertz CT molecular complexity index is 1380. The van der Waals surface area contributed by atoms with Gasteiger partial charge in [0.1, 0.15) is 12.6 Å². The fraction of sp³-hybridized carbons (Fsp3) is 0.310. The highest BCUT2D eigenvalue weighted by atomic mass is 35.5. The summed E-state index contributed by atoms with van der Waals surface area (Å²) in [4.78, 5) is 28.8. The Labute approximate surface area is 230 Å². The zero-order valence-corrected chi connectivity index (χ0v) is 23.7. The molecule has 0 fully saturated rings. The largest absolute Gasteiger partial charge is 0.355 e. The van der Waals surface area contributed by atoms with Crippen LogP contribution in [0.3, 0.4) is 0 Å². The molecule has 3 aromatic carbocycles. The first-order chi connectivity index (χ1) is 18.0. The van der Waals surface area contributed by atoms with Crippen molar-refractivity contribution < 1.29 is 18.0 Å². The van der Waals surface area contributed by atoms with Crippen LogP contribution < -0.4 is 9.62 Å². The number of anilines is 1. The van der Waals surface area contributed by atoms with Gasteiger partial charge in [-0.25, -0.2) is 8.42 Å². The highest BCUT2D eigenvalue weighted by Gasteiger charge is 2.33. The van der Waals surface area contributed by atoms with Gasteiger partial charge in [-0.3, -0.25) is 13.9 Å². The van der Waals surface area contributed by atoms with Gasteiger partial charge in [-0.15, -0.1) is 0 Å². The van der Waals surface area contributed by atoms with Crippen LogP contribution >= 0.6 is 11.6 Å². The van der Waals surface area contributed by atoms with Gasteiger partial charge in [-0.2, -0.15) is 0 Å². The van der Waals surface area contributed by atoms with Crippen LogP contribution in [0.15, 0.2) is 72.8 Å². The number of nitrogens with zero attached hydrogens (tertiary/aromatic N) is 2. The fourth-order valence-electron chi connectivity index (χ4n) is 4.20. The minimum Gasteiger partial charge on any atom is -0.355 e. The van der Waals surface area contributed by atoms with Crippen molar-refractivity contribution in [2.24, 2.45) is 0 Å². The standard InChI is InChI=1S/C29H34ClN3O4S/c1-5-31-29(35)27(17-23-11-7-6-8-12-23)32(19-24-13-9-10-21(2)16-24)28(34)20-33(38(4,36)37)25-15-14-22(3)26(30)18-25/h6-16,18,27H,5,17,19-20H2,1-4H3,(H,31,35). The minimum absolute atomic E-state index is 0.140. The van der Waals surface area contributed by atoms with E-state index in [2.05, 4.69) is 5.32 Å². The lowest BCUT2D eigenvalue weighted by Crippen LogP contribution is -2.53. The predicted molar refractivity (Wildman–Crippen MR) is 153 cm³/mol. The third kappa shape index (κ3) is 7.82. The molecule has 0 aliphatic heterocycles. The van der Waals surface area contributed by atoms with E-state index in [1.165, 1.54) is 11.0 Å². The molecule has 7 nitrogen and oxygen atoms in total. The Hall–Kier alpha value is -3.36. The molecule has 1 atom stereocenters. The Morgan fingerprint density at radius 1 is 0.947 bits per heavy atom. The summed E-state index contributed by atoms with van der Waals surface area (Å²) in [5, 5.41) is 3.24. The number of hydrogen-bond donors (Lipinski definition) is 1. The maximum absolute atomic E-state index is 14.0. The summed E-state index contributed by atoms with van der Waals surface area (Å²) in [6.07, 6.45) is 1.32. The number of benzene rings is 3. The lowest BCUT2D eigenvalue weighted by Gasteiger charge is -2.33. The summed E-state index contributed by atoms with van der Waals surface area (Å²) in [6, 6.07) is 21.1. The SMILES string of the molecule is CCNC(=O)C(Cc1ccccc1)N(Cc1cccc(C)c1)C(=O)CN(c1ccc(C)c(Cl)c1)S(C)(=O)=O. The van der Waals surface area contributed by atoms with E-state index < -0.39 is 28.5 Å². The maximum Gasteiger partial charge on any atom is 0.244 e. The molecule has 0 spiro atoms. The average molecular weight is 556 g/mol. The predicted octanol–water partition coefficient (Wildman–Crippen LogP) is 4.50. The second-order valence-corrected chi connectivity index (χ2v) is 11.6. The van der Waals surface area contributed by atoms with Crippen molar-refractivity contribution in [2.45, 2.75) is 39.8 Å². The Kier molecular flexibility index (Phi) is 9.94. The van der Waals surface area contributed by atoms with Crippen LogP contribution in [0.1, 0.15) is 29.2 Å². The number of aryl methyl sites for hydroxylation is 2. The summed E-state index contributed by atoms with van der Waals surface area (Å²) in [5.74, 6) is -0.803. The van der Waals surface area contributed by atoms with E-state index in [1.807, 2.05) is 75.4 Å². The van der Waals surface area contributed by atoms with Crippen LogP contribution in [0.5, 0.6) is 0 Å². The van der Waals surface area contributed by atoms with Gasteiger partial charge in [-0.1, -0.05) is 77.8 Å². The highest BCUT2D eigenvalue weighted by molar-refractivity contribution is 7.92. The van der Waals surface area contributed by atoms with Gasteiger partial charge in [0, 0.05) is 24.5 Å². The number of likely N-dealkylation sites (N-methyl/N-ethyl adjacent to an activating group) is 1. The normalized spacial score (nSPS) is 12.0. The smallest absolute Gasteiger partial charge is 0.244 e. The fourth-order valence-corrected chi connectivity index (χ4v) is 5.22. The molecule has 3 rings (SSSR count). The van der Waals surface area contributed by atoms with Crippen molar-refractivity contribution in [3.05, 3.63) is 100 Å². The Balaban J connectivity index is 2.05. The van der Waals surface area contributed by atoms with E-state index in [1.54, 1.807) is 12.1 Å². The lowest BCUT2D eigenvalue weighted by molar-refractivity contribution is -0.140. The molecule has 0 aromatic heterocycles. The second kappa shape index (κ2) is 12.9. The quantitative estimate of drug-likeness (QED) is 0.377. The van der Waals surface area contributed by atoms with Crippen LogP contribution in [0, 0.1) is 13.8 Å². The molecular weight excluding hydrogens is 522 g/mol. The van der Waals surface area contributed by atoms with Crippen molar-refractivity contribution in [3.8, 4) is 0 Å². The van der Waals surface area contributed by atoms with Crippen molar-refractivity contribution in [3.63, 3.8) is 0 Å². The molecule has 3 aromatic rings. The van der Waals surface area contributed by atoms with E-state index in [-0.39, 0.29) is 24.6 Å². The van der Waals surface area contributed by atoms with Gasteiger partial charge in [0.15, 0.2) is 0 Å². The van der Waals surface area contributed by atoms with E-state index in [0.717, 1.165) is 32.8 Å². The van der Waals surface area contributed by atoms with Crippen molar-refractivity contribution in [2.75, 3.05) is 23.7 Å². The molecule has 1 unspecified atom stereocenters. The van der Waals surface area contributed by atoms with Gasteiger partial charge in [0.05, 0.1) is 11.9 Å². The van der Waals surface area contributed by atoms with Gasteiger partial charge in [0.2, 0.25) is 21.8 Å². The van der Waals surface area contributed by atoms with Crippen LogP contribution in [0.4, 0.5) is 5.69 Å². The first-order valence-electron chi connectivity index (χ1n) is 12.4. The molecule has 0 aliphatic rings. The number of carbonyl (C=O) groups excluding carboxylic acids is 2. The van der Waals surface area contributed by atoms with Gasteiger partial charge < -0.3 is 10.2 Å². The molecule has 1 N–H and O–H groups in total. The zero-order chi connectivity index (χ0) is 27.9. The number of amides is 2. The Morgan fingerprint density at radius 3 is 2.24 bits per heavy atom. The number of hydrogen-bond acceptors (Lipinski definition) is 4. The zero-order valence-electron chi connectivity index (χ0n) is 22.1. The number of nitrogens with one attached hydrogen (secondary N) is 1. The third-order valence-electron chi connectivity index (χ3n) is 6.18. The van der Waals surface area contributed by atoms with Gasteiger partial charge in [-0.05, 0) is 49.6 Å². The van der Waals surface area contributed by atoms with Crippen LogP contribution in [0.2, 0.25) is 5.02 Å². The molecule has 38 heavy (non-hydrogen) atoms. The molecule has 0 saturated heterocycles. The summed E-state index contributed by atoms with van der Waals surface area (Å²) < 4.78 is 26.7. The number of rotatable bonds is 11. The summed E-state index contributed by atoms with van der Waals surface area (Å²) in [7, 11) is -3.84. The molecule has 2 amide bonds. The van der Waals surface area contributed by atoms with E-state index in [9.17, 15) is 18.0 Å². The van der Waals surface area contributed by atoms with Gasteiger partial charge >= 0.3 is 0 Å². The number of sulfonamides is 1. The third-order valence-corrected chi connectivity index (χ3v) is 7.73. The Morgan fingerprint density at radius 2 is 1.63 bits per heavy atom. The molecule has 9 heteroatoms. The number of halogens is 1. The summed E-state index contributed by atoms with van der Waals surface area (Å²) in [6.45, 7) is 5.64. The minimum atomic E-state index is -3.84. The van der Waals surface area contributed by atoms with Crippen molar-refractivity contribution in [1.82, 2.24) is 10.2 Å². The van der Waals surface area contributed by atoms with Crippen LogP contribution in [-0.4, -0.2) is 50.5 Å². The monoisotopic (exact) mass is 555 g/mol. The van der Waals surface area contributed by atoms with Gasteiger partial charge in [0.25, 0.3) is 0 Å². The van der Waals surface area contributed by atoms with Crippen LogP contribution in [0.25, 0.3) is 0 Å². The molecule has 0 bridgehead atoms. The topological polar surface area (TPSA) is 86.8 Å². The van der Waals surface area contributed by atoms with Crippen molar-refractivity contribution >= 4 is 39.1 Å². The molecule has 0 saturated carbocycles. The van der Waals surface area contributed by atoms with Crippen LogP contribution in [-0.2, 0) is 32.6 Å².